The first-order valence-corrected chi connectivity index (χ1v) is 5.67. The van der Waals surface area contributed by atoms with Crippen molar-refractivity contribution in [3.63, 3.8) is 0 Å². The molecule has 90 valence electrons. The Morgan fingerprint density at radius 3 is 2.44 bits per heavy atom. The summed E-state index contributed by atoms with van der Waals surface area (Å²) >= 11 is 0. The monoisotopic (exact) mass is 223 g/mol. The Bertz CT molecular complexity index is 331. The van der Waals surface area contributed by atoms with Crippen LogP contribution in [0.15, 0.2) is 24.3 Å². The summed E-state index contributed by atoms with van der Waals surface area (Å²) in [5.41, 5.74) is 0.145. The first-order chi connectivity index (χ1) is 7.44. The minimum absolute atomic E-state index is 0.0765. The van der Waals surface area contributed by atoms with Crippen LogP contribution in [-0.2, 0) is 0 Å². The van der Waals surface area contributed by atoms with E-state index in [1.54, 1.807) is 19.9 Å². The maximum atomic E-state index is 9.74. The van der Waals surface area contributed by atoms with E-state index in [1.807, 2.05) is 18.2 Å². The molecule has 0 fully saturated rings. The van der Waals surface area contributed by atoms with Crippen LogP contribution in [0.4, 0.5) is 0 Å². The first kappa shape index (κ1) is 13.0. The van der Waals surface area contributed by atoms with Crippen LogP contribution in [0.2, 0.25) is 0 Å². The summed E-state index contributed by atoms with van der Waals surface area (Å²) in [6, 6.07) is 7.38. The molecule has 16 heavy (non-hydrogen) atoms. The molecule has 1 aromatic rings. The Kier molecular flexibility index (Phi) is 4.33. The molecule has 0 amide bonds. The number of para-hydroxylation sites is 1. The fourth-order valence-electron chi connectivity index (χ4n) is 1.63. The van der Waals surface area contributed by atoms with Gasteiger partial charge in [-0.05, 0) is 26.3 Å². The van der Waals surface area contributed by atoms with Crippen molar-refractivity contribution in [2.75, 3.05) is 6.54 Å². The number of benzene rings is 1. The molecular weight excluding hydrogens is 202 g/mol. The molecule has 0 radical (unpaired) electrons. The molecule has 1 rings (SSSR count). The van der Waals surface area contributed by atoms with Gasteiger partial charge in [0.15, 0.2) is 0 Å². The highest BCUT2D eigenvalue weighted by Gasteiger charge is 2.17. The van der Waals surface area contributed by atoms with Crippen LogP contribution in [0.1, 0.15) is 38.8 Å². The van der Waals surface area contributed by atoms with Crippen LogP contribution >= 0.6 is 0 Å². The largest absolute Gasteiger partial charge is 0.508 e. The van der Waals surface area contributed by atoms with E-state index in [2.05, 4.69) is 12.2 Å². The van der Waals surface area contributed by atoms with Crippen LogP contribution in [0.25, 0.3) is 0 Å². The van der Waals surface area contributed by atoms with Gasteiger partial charge in [-0.25, -0.2) is 0 Å². The maximum absolute atomic E-state index is 9.74. The number of aliphatic hydroxyl groups is 1. The smallest absolute Gasteiger partial charge is 0.120 e. The zero-order valence-electron chi connectivity index (χ0n) is 10.2. The molecule has 1 unspecified atom stereocenters. The highest BCUT2D eigenvalue weighted by molar-refractivity contribution is 5.34. The average Bonchev–Trinajstić information content (AvgIpc) is 2.20. The maximum Gasteiger partial charge on any atom is 0.120 e. The van der Waals surface area contributed by atoms with Crippen molar-refractivity contribution >= 4 is 0 Å². The van der Waals surface area contributed by atoms with E-state index in [4.69, 9.17) is 0 Å². The summed E-state index contributed by atoms with van der Waals surface area (Å²) < 4.78 is 0. The Labute approximate surface area is 97.1 Å². The van der Waals surface area contributed by atoms with Gasteiger partial charge in [-0.15, -0.1) is 0 Å². The Morgan fingerprint density at radius 2 is 1.94 bits per heavy atom. The third-order valence-corrected chi connectivity index (χ3v) is 2.50. The summed E-state index contributed by atoms with van der Waals surface area (Å²) in [7, 11) is 0. The minimum atomic E-state index is -0.738. The van der Waals surface area contributed by atoms with Crippen molar-refractivity contribution in [2.24, 2.45) is 0 Å². The summed E-state index contributed by atoms with van der Waals surface area (Å²) in [5, 5.41) is 22.6. The SMILES string of the molecule is CCC(NCC(C)(C)O)c1ccccc1O. The molecule has 3 heteroatoms. The van der Waals surface area contributed by atoms with Gasteiger partial charge in [-0.2, -0.15) is 0 Å². The van der Waals surface area contributed by atoms with Gasteiger partial charge in [0.05, 0.1) is 5.60 Å². The molecule has 3 nitrogen and oxygen atoms in total. The van der Waals surface area contributed by atoms with E-state index in [0.29, 0.717) is 12.3 Å². The number of nitrogens with one attached hydrogen (secondary N) is 1. The first-order valence-electron chi connectivity index (χ1n) is 5.67. The summed E-state index contributed by atoms with van der Waals surface area (Å²) in [5.74, 6) is 0.303. The van der Waals surface area contributed by atoms with Crippen molar-refractivity contribution < 1.29 is 10.2 Å². The molecule has 1 atom stereocenters. The summed E-state index contributed by atoms with van der Waals surface area (Å²) in [4.78, 5) is 0. The Morgan fingerprint density at radius 1 is 1.31 bits per heavy atom. The highest BCUT2D eigenvalue weighted by atomic mass is 16.3. The molecule has 0 saturated carbocycles. The molecule has 0 aliphatic rings. The molecule has 0 aliphatic heterocycles. The lowest BCUT2D eigenvalue weighted by Crippen LogP contribution is -2.36. The van der Waals surface area contributed by atoms with Crippen LogP contribution in [-0.4, -0.2) is 22.4 Å². The fraction of sp³-hybridized carbons (Fsp3) is 0.538. The summed E-state index contributed by atoms with van der Waals surface area (Å²) in [6.45, 7) is 6.07. The molecular formula is C13H21NO2. The van der Waals surface area contributed by atoms with Gasteiger partial charge < -0.3 is 15.5 Å². The second-order valence-electron chi connectivity index (χ2n) is 4.71. The lowest BCUT2D eigenvalue weighted by Gasteiger charge is -2.24. The number of hydrogen-bond donors (Lipinski definition) is 3. The third kappa shape index (κ3) is 3.83. The number of hydrogen-bond acceptors (Lipinski definition) is 3. The van der Waals surface area contributed by atoms with E-state index >= 15 is 0 Å². The van der Waals surface area contributed by atoms with Crippen molar-refractivity contribution in [2.45, 2.75) is 38.8 Å². The standard InChI is InChI=1S/C13H21NO2/c1-4-11(14-9-13(2,3)16)10-7-5-6-8-12(10)15/h5-8,11,14-16H,4,9H2,1-3H3. The Hall–Kier alpha value is -1.06. The molecule has 0 saturated heterocycles. The predicted octanol–water partition coefficient (Wildman–Crippen LogP) is 2.20. The van der Waals surface area contributed by atoms with Gasteiger partial charge in [0.2, 0.25) is 0 Å². The molecule has 0 aliphatic carbocycles. The van der Waals surface area contributed by atoms with Gasteiger partial charge in [0.25, 0.3) is 0 Å². The molecule has 3 N–H and O–H groups in total. The van der Waals surface area contributed by atoms with Crippen molar-refractivity contribution in [3.05, 3.63) is 29.8 Å². The van der Waals surface area contributed by atoms with Crippen LogP contribution in [0, 0.1) is 0 Å². The molecule has 0 heterocycles. The number of rotatable bonds is 5. The predicted molar refractivity (Wildman–Crippen MR) is 65.4 cm³/mol. The van der Waals surface area contributed by atoms with Crippen molar-refractivity contribution in [1.29, 1.82) is 0 Å². The third-order valence-electron chi connectivity index (χ3n) is 2.50. The second kappa shape index (κ2) is 5.32. The van der Waals surface area contributed by atoms with Gasteiger partial charge in [0, 0.05) is 18.2 Å². The van der Waals surface area contributed by atoms with E-state index in [0.717, 1.165) is 12.0 Å². The van der Waals surface area contributed by atoms with Gasteiger partial charge in [-0.3, -0.25) is 0 Å². The van der Waals surface area contributed by atoms with Gasteiger partial charge in [-0.1, -0.05) is 25.1 Å². The minimum Gasteiger partial charge on any atom is -0.508 e. The van der Waals surface area contributed by atoms with E-state index in [9.17, 15) is 10.2 Å². The zero-order chi connectivity index (χ0) is 12.2. The lowest BCUT2D eigenvalue weighted by atomic mass is 10.0. The number of phenolic OH excluding ortho intramolecular Hbond substituents is 1. The van der Waals surface area contributed by atoms with Crippen LogP contribution in [0.5, 0.6) is 5.75 Å². The van der Waals surface area contributed by atoms with E-state index < -0.39 is 5.60 Å². The lowest BCUT2D eigenvalue weighted by molar-refractivity contribution is 0.0760. The molecule has 0 aromatic heterocycles. The van der Waals surface area contributed by atoms with E-state index in [1.165, 1.54) is 0 Å². The van der Waals surface area contributed by atoms with Gasteiger partial charge in [0.1, 0.15) is 5.75 Å². The fourth-order valence-corrected chi connectivity index (χ4v) is 1.63. The van der Waals surface area contributed by atoms with Gasteiger partial charge >= 0.3 is 0 Å². The van der Waals surface area contributed by atoms with Crippen LogP contribution in [0.3, 0.4) is 0 Å². The zero-order valence-corrected chi connectivity index (χ0v) is 10.2. The highest BCUT2D eigenvalue weighted by Crippen LogP contribution is 2.25. The normalized spacial score (nSPS) is 13.8. The van der Waals surface area contributed by atoms with E-state index in [-0.39, 0.29) is 6.04 Å². The Balaban J connectivity index is 2.72. The topological polar surface area (TPSA) is 52.5 Å². The average molecular weight is 223 g/mol. The van der Waals surface area contributed by atoms with Crippen LogP contribution < -0.4 is 5.32 Å². The summed E-state index contributed by atoms with van der Waals surface area (Å²) in [6.07, 6.45) is 0.869. The molecule has 0 bridgehead atoms. The van der Waals surface area contributed by atoms with Crippen molar-refractivity contribution in [1.82, 2.24) is 5.32 Å². The second-order valence-corrected chi connectivity index (χ2v) is 4.71. The molecule has 0 spiro atoms. The quantitative estimate of drug-likeness (QED) is 0.717. The molecule has 1 aromatic carbocycles. The number of aromatic hydroxyl groups is 1. The van der Waals surface area contributed by atoms with Crippen molar-refractivity contribution in [3.8, 4) is 5.75 Å². The number of phenols is 1.